The number of carbonyl (C=O) groups is 2. The summed E-state index contributed by atoms with van der Waals surface area (Å²) < 4.78 is 0. The second-order valence-corrected chi connectivity index (χ2v) is 4.08. The number of likely N-dealkylation sites (tertiary alicyclic amines) is 1. The Balaban J connectivity index is 2.50. The number of rotatable bonds is 4. The summed E-state index contributed by atoms with van der Waals surface area (Å²) in [6.45, 7) is 4.74. The van der Waals surface area contributed by atoms with Crippen LogP contribution in [0.5, 0.6) is 0 Å². The van der Waals surface area contributed by atoms with Crippen molar-refractivity contribution in [2.45, 2.75) is 38.8 Å². The number of hydrogen-bond acceptors (Lipinski definition) is 3. The first-order valence-electron chi connectivity index (χ1n) is 5.24. The number of amides is 1. The van der Waals surface area contributed by atoms with Crippen LogP contribution in [0, 0.1) is 0 Å². The number of aliphatic carboxylic acids is 1. The van der Waals surface area contributed by atoms with E-state index in [1.54, 1.807) is 0 Å². The molecular formula is C10H18N2O3. The summed E-state index contributed by atoms with van der Waals surface area (Å²) in [5.74, 6) is -1.27. The highest BCUT2D eigenvalue weighted by Gasteiger charge is 2.27. The molecule has 1 fully saturated rings. The van der Waals surface area contributed by atoms with Gasteiger partial charge < -0.3 is 10.4 Å². The zero-order valence-electron chi connectivity index (χ0n) is 9.19. The molecule has 86 valence electrons. The van der Waals surface area contributed by atoms with Crippen LogP contribution in [-0.2, 0) is 9.59 Å². The maximum absolute atomic E-state index is 10.9. The molecular weight excluding hydrogens is 196 g/mol. The van der Waals surface area contributed by atoms with Gasteiger partial charge in [-0.1, -0.05) is 0 Å². The Bertz CT molecular complexity index is 255. The van der Waals surface area contributed by atoms with E-state index in [2.05, 4.69) is 17.1 Å². The number of carbonyl (C=O) groups excluding carboxylic acids is 1. The molecule has 0 aromatic heterocycles. The van der Waals surface area contributed by atoms with E-state index in [1.807, 2.05) is 0 Å². The summed E-state index contributed by atoms with van der Waals surface area (Å²) >= 11 is 0. The van der Waals surface area contributed by atoms with Crippen molar-refractivity contribution < 1.29 is 14.7 Å². The lowest BCUT2D eigenvalue weighted by atomic mass is 10.2. The van der Waals surface area contributed by atoms with E-state index in [1.165, 1.54) is 6.92 Å². The van der Waals surface area contributed by atoms with Gasteiger partial charge in [0.25, 0.3) is 0 Å². The van der Waals surface area contributed by atoms with Crippen LogP contribution in [0.1, 0.15) is 26.7 Å². The van der Waals surface area contributed by atoms with Crippen LogP contribution in [0.15, 0.2) is 0 Å². The largest absolute Gasteiger partial charge is 0.480 e. The molecule has 2 N–H and O–H groups in total. The first kappa shape index (κ1) is 12.0. The highest BCUT2D eigenvalue weighted by Crippen LogP contribution is 2.16. The first-order chi connectivity index (χ1) is 7.00. The number of carboxylic acids is 1. The Labute approximate surface area is 89.4 Å². The van der Waals surface area contributed by atoms with Gasteiger partial charge in [-0.15, -0.1) is 0 Å². The lowest BCUT2D eigenvalue weighted by Crippen LogP contribution is -2.48. The molecule has 0 aromatic rings. The second kappa shape index (κ2) is 5.11. The number of hydrogen-bond donors (Lipinski definition) is 2. The van der Waals surface area contributed by atoms with Gasteiger partial charge in [0.05, 0.1) is 0 Å². The maximum atomic E-state index is 10.9. The molecule has 0 radical (unpaired) electrons. The van der Waals surface area contributed by atoms with E-state index in [-0.39, 0.29) is 5.91 Å². The fourth-order valence-electron chi connectivity index (χ4n) is 1.93. The summed E-state index contributed by atoms with van der Waals surface area (Å²) in [7, 11) is 0. The lowest BCUT2D eigenvalue weighted by Gasteiger charge is -2.24. The van der Waals surface area contributed by atoms with Gasteiger partial charge in [0.2, 0.25) is 5.91 Å². The predicted octanol–water partition coefficient (Wildman–Crippen LogP) is 0.0600. The molecule has 1 aliphatic heterocycles. The normalized spacial score (nSPS) is 23.7. The lowest BCUT2D eigenvalue weighted by molar-refractivity contribution is -0.142. The zero-order valence-corrected chi connectivity index (χ0v) is 9.19. The van der Waals surface area contributed by atoms with Crippen LogP contribution in [0.25, 0.3) is 0 Å². The Kier molecular flexibility index (Phi) is 4.08. The summed E-state index contributed by atoms with van der Waals surface area (Å²) in [5, 5.41) is 11.4. The van der Waals surface area contributed by atoms with E-state index in [4.69, 9.17) is 5.11 Å². The standard InChI is InChI=1S/C10H18N2O3/c1-7-4-3-5-12(7)6-9(10(14)15)11-8(2)13/h7,9H,3-6H2,1-2H3,(H,11,13)(H,14,15). The second-order valence-electron chi connectivity index (χ2n) is 4.08. The molecule has 1 rings (SSSR count). The molecule has 2 unspecified atom stereocenters. The van der Waals surface area contributed by atoms with Crippen molar-refractivity contribution in [3.05, 3.63) is 0 Å². The molecule has 5 heteroatoms. The van der Waals surface area contributed by atoms with E-state index in [9.17, 15) is 9.59 Å². The molecule has 1 heterocycles. The van der Waals surface area contributed by atoms with Gasteiger partial charge in [-0.3, -0.25) is 9.69 Å². The molecule has 5 nitrogen and oxygen atoms in total. The minimum Gasteiger partial charge on any atom is -0.480 e. The topological polar surface area (TPSA) is 69.6 Å². The van der Waals surface area contributed by atoms with Crippen molar-refractivity contribution in [2.24, 2.45) is 0 Å². The van der Waals surface area contributed by atoms with Crippen molar-refractivity contribution in [1.29, 1.82) is 0 Å². The molecule has 0 aliphatic carbocycles. The minimum atomic E-state index is -0.968. The van der Waals surface area contributed by atoms with Crippen LogP contribution in [0.3, 0.4) is 0 Å². The van der Waals surface area contributed by atoms with Crippen LogP contribution in [-0.4, -0.2) is 47.1 Å². The van der Waals surface area contributed by atoms with E-state index < -0.39 is 12.0 Å². The molecule has 1 amide bonds. The molecule has 1 aliphatic rings. The molecule has 0 aromatic carbocycles. The van der Waals surface area contributed by atoms with Crippen molar-refractivity contribution >= 4 is 11.9 Å². The highest BCUT2D eigenvalue weighted by molar-refractivity contribution is 5.82. The predicted molar refractivity (Wildman–Crippen MR) is 55.5 cm³/mol. The van der Waals surface area contributed by atoms with E-state index >= 15 is 0 Å². The molecule has 2 atom stereocenters. The van der Waals surface area contributed by atoms with Crippen molar-refractivity contribution in [3.8, 4) is 0 Å². The number of carboxylic acid groups (broad SMARTS) is 1. The third kappa shape index (κ3) is 3.51. The van der Waals surface area contributed by atoms with Crippen LogP contribution >= 0.6 is 0 Å². The van der Waals surface area contributed by atoms with Gasteiger partial charge in [-0.2, -0.15) is 0 Å². The molecule has 0 saturated carbocycles. The van der Waals surface area contributed by atoms with Crippen LogP contribution in [0.4, 0.5) is 0 Å². The first-order valence-corrected chi connectivity index (χ1v) is 5.24. The fourth-order valence-corrected chi connectivity index (χ4v) is 1.93. The average Bonchev–Trinajstić information content (AvgIpc) is 2.50. The molecule has 1 saturated heterocycles. The Morgan fingerprint density at radius 1 is 1.60 bits per heavy atom. The average molecular weight is 214 g/mol. The number of nitrogens with one attached hydrogen (secondary N) is 1. The van der Waals surface area contributed by atoms with Gasteiger partial charge in [-0.25, -0.2) is 4.79 Å². The third-order valence-electron chi connectivity index (χ3n) is 2.78. The highest BCUT2D eigenvalue weighted by atomic mass is 16.4. The quantitative estimate of drug-likeness (QED) is 0.694. The van der Waals surface area contributed by atoms with Gasteiger partial charge in [0, 0.05) is 19.5 Å². The Morgan fingerprint density at radius 2 is 2.27 bits per heavy atom. The van der Waals surface area contributed by atoms with Gasteiger partial charge in [0.15, 0.2) is 0 Å². The number of nitrogens with zero attached hydrogens (tertiary/aromatic N) is 1. The fraction of sp³-hybridized carbons (Fsp3) is 0.800. The Hall–Kier alpha value is -1.10. The molecule has 0 spiro atoms. The summed E-state index contributed by atoms with van der Waals surface area (Å²) in [5.41, 5.74) is 0. The zero-order chi connectivity index (χ0) is 11.4. The Morgan fingerprint density at radius 3 is 2.67 bits per heavy atom. The third-order valence-corrected chi connectivity index (χ3v) is 2.78. The smallest absolute Gasteiger partial charge is 0.327 e. The minimum absolute atomic E-state index is 0.297. The van der Waals surface area contributed by atoms with E-state index in [0.29, 0.717) is 12.6 Å². The maximum Gasteiger partial charge on any atom is 0.327 e. The monoisotopic (exact) mass is 214 g/mol. The van der Waals surface area contributed by atoms with Gasteiger partial charge in [0.1, 0.15) is 6.04 Å². The van der Waals surface area contributed by atoms with Crippen molar-refractivity contribution in [2.75, 3.05) is 13.1 Å². The van der Waals surface area contributed by atoms with Gasteiger partial charge >= 0.3 is 5.97 Å². The van der Waals surface area contributed by atoms with E-state index in [0.717, 1.165) is 19.4 Å². The molecule has 15 heavy (non-hydrogen) atoms. The van der Waals surface area contributed by atoms with Crippen molar-refractivity contribution in [3.63, 3.8) is 0 Å². The summed E-state index contributed by atoms with van der Waals surface area (Å²) in [6, 6.07) is -0.372. The SMILES string of the molecule is CC(=O)NC(CN1CCCC1C)C(=O)O. The van der Waals surface area contributed by atoms with Gasteiger partial charge in [-0.05, 0) is 26.3 Å². The summed E-state index contributed by atoms with van der Waals surface area (Å²) in [4.78, 5) is 23.8. The summed E-state index contributed by atoms with van der Waals surface area (Å²) in [6.07, 6.45) is 2.21. The van der Waals surface area contributed by atoms with Crippen LogP contribution < -0.4 is 5.32 Å². The van der Waals surface area contributed by atoms with Crippen LogP contribution in [0.2, 0.25) is 0 Å². The van der Waals surface area contributed by atoms with Crippen molar-refractivity contribution in [1.82, 2.24) is 10.2 Å². The molecule has 0 bridgehead atoms.